The molecule has 6 heteroatoms. The second kappa shape index (κ2) is 11.0. The van der Waals surface area contributed by atoms with Gasteiger partial charge in [0, 0.05) is 19.6 Å². The molecular formula is C19H33Cl2N3O. The Hall–Kier alpha value is -0.810. The van der Waals surface area contributed by atoms with Crippen LogP contribution in [0.3, 0.4) is 0 Å². The Labute approximate surface area is 164 Å². The fourth-order valence-electron chi connectivity index (χ4n) is 3.07. The summed E-state index contributed by atoms with van der Waals surface area (Å²) in [4.78, 5) is 15.1. The second-order valence-electron chi connectivity index (χ2n) is 7.33. The van der Waals surface area contributed by atoms with Crippen molar-refractivity contribution in [2.24, 2.45) is 17.6 Å². The molecule has 4 nitrogen and oxygen atoms in total. The number of nitrogens with zero attached hydrogens (tertiary/aromatic N) is 1. The molecule has 0 bridgehead atoms. The number of nitrogens with one attached hydrogen (secondary N) is 1. The smallest absolute Gasteiger partial charge is 0.224 e. The molecule has 144 valence electrons. The molecule has 1 amide bonds. The minimum Gasteiger partial charge on any atom is -0.349 e. The van der Waals surface area contributed by atoms with Gasteiger partial charge < -0.3 is 11.1 Å². The molecule has 25 heavy (non-hydrogen) atoms. The van der Waals surface area contributed by atoms with Gasteiger partial charge in [-0.05, 0) is 37.8 Å². The molecular weight excluding hydrogens is 357 g/mol. The van der Waals surface area contributed by atoms with Crippen LogP contribution in [0.2, 0.25) is 0 Å². The summed E-state index contributed by atoms with van der Waals surface area (Å²) in [6, 6.07) is 10.5. The summed E-state index contributed by atoms with van der Waals surface area (Å²) < 4.78 is 0. The third kappa shape index (κ3) is 6.78. The van der Waals surface area contributed by atoms with Crippen molar-refractivity contribution in [3.8, 4) is 0 Å². The maximum atomic E-state index is 12.7. The molecule has 1 aliphatic rings. The molecule has 2 unspecified atom stereocenters. The monoisotopic (exact) mass is 389 g/mol. The van der Waals surface area contributed by atoms with Gasteiger partial charge in [-0.25, -0.2) is 0 Å². The first kappa shape index (κ1) is 24.2. The van der Waals surface area contributed by atoms with E-state index in [1.807, 2.05) is 13.0 Å². The molecule has 1 heterocycles. The van der Waals surface area contributed by atoms with Crippen LogP contribution in [0, 0.1) is 11.8 Å². The van der Waals surface area contributed by atoms with Gasteiger partial charge in [0.15, 0.2) is 0 Å². The van der Waals surface area contributed by atoms with Crippen molar-refractivity contribution in [3.63, 3.8) is 0 Å². The van der Waals surface area contributed by atoms with Crippen LogP contribution in [0.4, 0.5) is 0 Å². The van der Waals surface area contributed by atoms with E-state index in [0.29, 0.717) is 12.5 Å². The first-order chi connectivity index (χ1) is 10.9. The highest BCUT2D eigenvalue weighted by Crippen LogP contribution is 2.21. The topological polar surface area (TPSA) is 58.4 Å². The Kier molecular flexibility index (Phi) is 10.7. The van der Waals surface area contributed by atoms with E-state index in [0.717, 1.165) is 32.5 Å². The largest absolute Gasteiger partial charge is 0.349 e. The maximum Gasteiger partial charge on any atom is 0.224 e. The highest BCUT2D eigenvalue weighted by molar-refractivity contribution is 5.85. The van der Waals surface area contributed by atoms with Crippen molar-refractivity contribution >= 4 is 30.7 Å². The van der Waals surface area contributed by atoms with Gasteiger partial charge >= 0.3 is 0 Å². The van der Waals surface area contributed by atoms with Gasteiger partial charge in [0.1, 0.15) is 0 Å². The summed E-state index contributed by atoms with van der Waals surface area (Å²) in [5.41, 5.74) is 6.88. The Morgan fingerprint density at radius 3 is 2.52 bits per heavy atom. The third-order valence-electron chi connectivity index (χ3n) is 5.23. The summed E-state index contributed by atoms with van der Waals surface area (Å²) in [5, 5.41) is 3.21. The lowest BCUT2D eigenvalue weighted by molar-refractivity contribution is -0.129. The number of piperidine rings is 1. The van der Waals surface area contributed by atoms with Crippen molar-refractivity contribution in [1.29, 1.82) is 0 Å². The van der Waals surface area contributed by atoms with Crippen molar-refractivity contribution in [1.82, 2.24) is 10.2 Å². The SMILES string of the molecule is CC(C)C(C)(CN)NC(=O)C1CCCN(Cc2ccccc2)C1.Cl.Cl. The summed E-state index contributed by atoms with van der Waals surface area (Å²) in [6.07, 6.45) is 2.04. The maximum absolute atomic E-state index is 12.7. The van der Waals surface area contributed by atoms with E-state index in [2.05, 4.69) is 48.3 Å². The van der Waals surface area contributed by atoms with Gasteiger partial charge in [-0.3, -0.25) is 9.69 Å². The lowest BCUT2D eigenvalue weighted by Gasteiger charge is -2.37. The van der Waals surface area contributed by atoms with Crippen molar-refractivity contribution < 1.29 is 4.79 Å². The molecule has 2 atom stereocenters. The summed E-state index contributed by atoms with van der Waals surface area (Å²) in [6.45, 7) is 9.54. The zero-order valence-electron chi connectivity index (χ0n) is 15.5. The number of nitrogens with two attached hydrogens (primary N) is 1. The zero-order chi connectivity index (χ0) is 16.9. The number of carbonyl (C=O) groups excluding carboxylic acids is 1. The predicted molar refractivity (Wildman–Crippen MR) is 109 cm³/mol. The number of hydrogen-bond acceptors (Lipinski definition) is 3. The number of hydrogen-bond donors (Lipinski definition) is 2. The molecule has 2 rings (SSSR count). The van der Waals surface area contributed by atoms with Crippen molar-refractivity contribution in [3.05, 3.63) is 35.9 Å². The number of rotatable bonds is 6. The predicted octanol–water partition coefficient (Wildman–Crippen LogP) is 3.23. The highest BCUT2D eigenvalue weighted by atomic mass is 35.5. The highest BCUT2D eigenvalue weighted by Gasteiger charge is 2.33. The molecule has 0 aromatic heterocycles. The molecule has 0 aliphatic carbocycles. The Morgan fingerprint density at radius 1 is 1.32 bits per heavy atom. The van der Waals surface area contributed by atoms with Crippen LogP contribution in [0.25, 0.3) is 0 Å². The number of halogens is 2. The lowest BCUT2D eigenvalue weighted by atomic mass is 9.87. The van der Waals surface area contributed by atoms with Gasteiger partial charge in [-0.2, -0.15) is 0 Å². The van der Waals surface area contributed by atoms with E-state index >= 15 is 0 Å². The lowest BCUT2D eigenvalue weighted by Crippen LogP contribution is -2.57. The molecule has 0 radical (unpaired) electrons. The van der Waals surface area contributed by atoms with E-state index in [9.17, 15) is 4.79 Å². The molecule has 1 aromatic carbocycles. The average molecular weight is 390 g/mol. The summed E-state index contributed by atoms with van der Waals surface area (Å²) in [7, 11) is 0. The van der Waals surface area contributed by atoms with Crippen LogP contribution in [-0.4, -0.2) is 36.0 Å². The minimum atomic E-state index is -0.321. The Bertz CT molecular complexity index is 513. The minimum absolute atomic E-state index is 0. The number of amides is 1. The molecule has 1 aromatic rings. The molecule has 1 aliphatic heterocycles. The van der Waals surface area contributed by atoms with E-state index in [-0.39, 0.29) is 42.2 Å². The van der Waals surface area contributed by atoms with E-state index < -0.39 is 0 Å². The van der Waals surface area contributed by atoms with Gasteiger partial charge in [-0.15, -0.1) is 24.8 Å². The Balaban J connectivity index is 0.00000288. The first-order valence-electron chi connectivity index (χ1n) is 8.73. The molecule has 1 fully saturated rings. The van der Waals surface area contributed by atoms with Gasteiger partial charge in [0.05, 0.1) is 11.5 Å². The van der Waals surface area contributed by atoms with Crippen LogP contribution in [-0.2, 0) is 11.3 Å². The summed E-state index contributed by atoms with van der Waals surface area (Å²) in [5.74, 6) is 0.543. The normalized spacial score (nSPS) is 20.1. The fourth-order valence-corrected chi connectivity index (χ4v) is 3.07. The van der Waals surface area contributed by atoms with E-state index in [4.69, 9.17) is 5.73 Å². The van der Waals surface area contributed by atoms with Gasteiger partial charge in [0.25, 0.3) is 0 Å². The quantitative estimate of drug-likeness (QED) is 0.784. The van der Waals surface area contributed by atoms with Crippen LogP contribution in [0.5, 0.6) is 0 Å². The standard InChI is InChI=1S/C19H31N3O.2ClH/c1-15(2)19(3,14-20)21-18(23)17-10-7-11-22(13-17)12-16-8-5-4-6-9-16;;/h4-6,8-9,15,17H,7,10-14,20H2,1-3H3,(H,21,23);2*1H. The van der Waals surface area contributed by atoms with Gasteiger partial charge in [-0.1, -0.05) is 44.2 Å². The molecule has 0 saturated carbocycles. The van der Waals surface area contributed by atoms with E-state index in [1.165, 1.54) is 5.56 Å². The van der Waals surface area contributed by atoms with Crippen LogP contribution in [0.15, 0.2) is 30.3 Å². The Morgan fingerprint density at radius 2 is 1.96 bits per heavy atom. The molecule has 0 spiro atoms. The molecule has 1 saturated heterocycles. The third-order valence-corrected chi connectivity index (χ3v) is 5.23. The van der Waals surface area contributed by atoms with E-state index in [1.54, 1.807) is 0 Å². The zero-order valence-corrected chi connectivity index (χ0v) is 17.2. The average Bonchev–Trinajstić information content (AvgIpc) is 2.55. The van der Waals surface area contributed by atoms with Gasteiger partial charge in [0.2, 0.25) is 5.91 Å². The fraction of sp³-hybridized carbons (Fsp3) is 0.632. The van der Waals surface area contributed by atoms with Crippen LogP contribution >= 0.6 is 24.8 Å². The van der Waals surface area contributed by atoms with Crippen molar-refractivity contribution in [2.75, 3.05) is 19.6 Å². The number of benzene rings is 1. The van der Waals surface area contributed by atoms with Crippen molar-refractivity contribution in [2.45, 2.75) is 45.7 Å². The number of carbonyl (C=O) groups is 1. The summed E-state index contributed by atoms with van der Waals surface area (Å²) >= 11 is 0. The first-order valence-corrected chi connectivity index (χ1v) is 8.73. The van der Waals surface area contributed by atoms with Crippen LogP contribution < -0.4 is 11.1 Å². The van der Waals surface area contributed by atoms with Crippen LogP contribution in [0.1, 0.15) is 39.2 Å². The second-order valence-corrected chi connectivity index (χ2v) is 7.33. The number of likely N-dealkylation sites (tertiary alicyclic amines) is 1. The molecule has 3 N–H and O–H groups in total.